The lowest BCUT2D eigenvalue weighted by Crippen LogP contribution is -2.33. The highest BCUT2D eigenvalue weighted by atomic mass is 32.2. The molecule has 1 aliphatic rings. The topological polar surface area (TPSA) is 38.3 Å². The largest absolute Gasteiger partial charge is 0.374 e. The van der Waals surface area contributed by atoms with Crippen LogP contribution in [0.3, 0.4) is 0 Å². The van der Waals surface area contributed by atoms with Crippen molar-refractivity contribution in [2.75, 3.05) is 19.3 Å². The molecule has 4 atom stereocenters. The van der Waals surface area contributed by atoms with E-state index in [9.17, 15) is 4.21 Å². The van der Waals surface area contributed by atoms with Crippen LogP contribution in [0.4, 0.5) is 0 Å². The van der Waals surface area contributed by atoms with E-state index < -0.39 is 10.8 Å². The van der Waals surface area contributed by atoms with Gasteiger partial charge in [-0.1, -0.05) is 0 Å². The van der Waals surface area contributed by atoms with Crippen molar-refractivity contribution in [1.29, 1.82) is 0 Å². The molecule has 1 heterocycles. The Kier molecular flexibility index (Phi) is 5.06. The van der Waals surface area contributed by atoms with Crippen LogP contribution in [-0.4, -0.2) is 41.0 Å². The van der Waals surface area contributed by atoms with Crippen molar-refractivity contribution < 1.29 is 8.95 Å². The highest BCUT2D eigenvalue weighted by molar-refractivity contribution is 7.84. The normalized spacial score (nSPS) is 31.6. The van der Waals surface area contributed by atoms with Gasteiger partial charge < -0.3 is 10.1 Å². The Bertz CT molecular complexity index is 199. The molecule has 0 aromatic heterocycles. The summed E-state index contributed by atoms with van der Waals surface area (Å²) in [7, 11) is -0.724. The SMILES string of the molecule is CC1CCC(CNCC(C)S(C)=O)O1. The Morgan fingerprint density at radius 3 is 2.79 bits per heavy atom. The van der Waals surface area contributed by atoms with Gasteiger partial charge in [-0.3, -0.25) is 4.21 Å². The van der Waals surface area contributed by atoms with E-state index in [0.29, 0.717) is 12.2 Å². The molecule has 4 heteroatoms. The zero-order valence-electron chi connectivity index (χ0n) is 9.29. The number of rotatable bonds is 5. The van der Waals surface area contributed by atoms with Crippen LogP contribution >= 0.6 is 0 Å². The molecule has 0 aliphatic carbocycles. The molecule has 1 fully saturated rings. The van der Waals surface area contributed by atoms with Crippen LogP contribution in [0.2, 0.25) is 0 Å². The molecule has 1 saturated heterocycles. The fourth-order valence-corrected chi connectivity index (χ4v) is 1.95. The average Bonchev–Trinajstić information content (AvgIpc) is 2.51. The monoisotopic (exact) mass is 219 g/mol. The van der Waals surface area contributed by atoms with Crippen LogP contribution in [-0.2, 0) is 15.5 Å². The fourth-order valence-electron chi connectivity index (χ4n) is 1.60. The van der Waals surface area contributed by atoms with Gasteiger partial charge in [-0.05, 0) is 26.7 Å². The Morgan fingerprint density at radius 2 is 2.29 bits per heavy atom. The summed E-state index contributed by atoms with van der Waals surface area (Å²) in [6.07, 6.45) is 4.85. The van der Waals surface area contributed by atoms with Crippen LogP contribution in [0.25, 0.3) is 0 Å². The highest BCUT2D eigenvalue weighted by Crippen LogP contribution is 2.17. The Morgan fingerprint density at radius 1 is 1.57 bits per heavy atom. The first kappa shape index (κ1) is 12.1. The maximum atomic E-state index is 11.1. The van der Waals surface area contributed by atoms with E-state index in [1.165, 1.54) is 6.42 Å². The van der Waals surface area contributed by atoms with Crippen LogP contribution in [0.1, 0.15) is 26.7 Å². The quantitative estimate of drug-likeness (QED) is 0.747. The minimum Gasteiger partial charge on any atom is -0.374 e. The van der Waals surface area contributed by atoms with Gasteiger partial charge in [-0.15, -0.1) is 0 Å². The van der Waals surface area contributed by atoms with Gasteiger partial charge in [-0.2, -0.15) is 0 Å². The summed E-state index contributed by atoms with van der Waals surface area (Å²) in [6, 6.07) is 0. The Balaban J connectivity index is 2.07. The van der Waals surface area contributed by atoms with Crippen molar-refractivity contribution in [2.24, 2.45) is 0 Å². The van der Waals surface area contributed by atoms with Gasteiger partial charge in [0.25, 0.3) is 0 Å². The lowest BCUT2D eigenvalue weighted by atomic mass is 10.2. The summed E-state index contributed by atoms with van der Waals surface area (Å²) in [6.45, 7) is 5.83. The molecule has 0 aromatic rings. The number of hydrogen-bond donors (Lipinski definition) is 1. The third-order valence-corrected chi connectivity index (χ3v) is 3.99. The Labute approximate surface area is 89.1 Å². The summed E-state index contributed by atoms with van der Waals surface area (Å²) in [4.78, 5) is 0. The highest BCUT2D eigenvalue weighted by Gasteiger charge is 2.21. The maximum absolute atomic E-state index is 11.1. The Hall–Kier alpha value is 0.0700. The second kappa shape index (κ2) is 5.83. The van der Waals surface area contributed by atoms with Gasteiger partial charge in [0.1, 0.15) is 0 Å². The summed E-state index contributed by atoms with van der Waals surface area (Å²) < 4.78 is 16.7. The summed E-state index contributed by atoms with van der Waals surface area (Å²) >= 11 is 0. The van der Waals surface area contributed by atoms with Crippen molar-refractivity contribution in [3.05, 3.63) is 0 Å². The number of ether oxygens (including phenoxy) is 1. The van der Waals surface area contributed by atoms with E-state index in [1.54, 1.807) is 6.26 Å². The second-order valence-electron chi connectivity index (χ2n) is 4.11. The zero-order chi connectivity index (χ0) is 10.6. The van der Waals surface area contributed by atoms with E-state index >= 15 is 0 Å². The first-order valence-corrected chi connectivity index (χ1v) is 6.90. The van der Waals surface area contributed by atoms with Gasteiger partial charge >= 0.3 is 0 Å². The molecule has 0 bridgehead atoms. The first-order chi connectivity index (χ1) is 6.59. The summed E-state index contributed by atoms with van der Waals surface area (Å²) in [5, 5.41) is 3.54. The zero-order valence-corrected chi connectivity index (χ0v) is 10.1. The maximum Gasteiger partial charge on any atom is 0.0704 e. The molecule has 0 amide bonds. The standard InChI is InChI=1S/C10H21NO2S/c1-8-4-5-10(13-8)7-11-6-9(2)14(3)12/h8-11H,4-7H2,1-3H3. The smallest absolute Gasteiger partial charge is 0.0704 e. The summed E-state index contributed by atoms with van der Waals surface area (Å²) in [5.74, 6) is 0. The molecule has 1 N–H and O–H groups in total. The van der Waals surface area contributed by atoms with Crippen LogP contribution in [0.5, 0.6) is 0 Å². The second-order valence-corrected chi connectivity index (χ2v) is 5.92. The molecule has 3 nitrogen and oxygen atoms in total. The van der Waals surface area contributed by atoms with Crippen molar-refractivity contribution in [2.45, 2.75) is 44.1 Å². The van der Waals surface area contributed by atoms with Crippen molar-refractivity contribution in [1.82, 2.24) is 5.32 Å². The van der Waals surface area contributed by atoms with E-state index in [4.69, 9.17) is 4.74 Å². The molecule has 84 valence electrons. The van der Waals surface area contributed by atoms with Gasteiger partial charge in [0, 0.05) is 35.4 Å². The van der Waals surface area contributed by atoms with E-state index in [2.05, 4.69) is 12.2 Å². The molecule has 0 radical (unpaired) electrons. The minimum absolute atomic E-state index is 0.230. The average molecular weight is 219 g/mol. The molecule has 14 heavy (non-hydrogen) atoms. The molecule has 0 saturated carbocycles. The molecular formula is C10H21NO2S. The van der Waals surface area contributed by atoms with Gasteiger partial charge in [0.2, 0.25) is 0 Å². The molecule has 4 unspecified atom stereocenters. The number of hydrogen-bond acceptors (Lipinski definition) is 3. The van der Waals surface area contributed by atoms with Crippen LogP contribution < -0.4 is 5.32 Å². The van der Waals surface area contributed by atoms with Gasteiger partial charge in [0.05, 0.1) is 12.2 Å². The molecular weight excluding hydrogens is 198 g/mol. The molecule has 1 rings (SSSR count). The van der Waals surface area contributed by atoms with Crippen molar-refractivity contribution in [3.8, 4) is 0 Å². The van der Waals surface area contributed by atoms with E-state index in [0.717, 1.165) is 19.5 Å². The third-order valence-electron chi connectivity index (χ3n) is 2.69. The van der Waals surface area contributed by atoms with E-state index in [-0.39, 0.29) is 5.25 Å². The summed E-state index contributed by atoms with van der Waals surface area (Å²) in [5.41, 5.74) is 0. The van der Waals surface area contributed by atoms with E-state index in [1.807, 2.05) is 6.92 Å². The third kappa shape index (κ3) is 4.07. The molecule has 0 aromatic carbocycles. The number of nitrogens with one attached hydrogen (secondary N) is 1. The fraction of sp³-hybridized carbons (Fsp3) is 1.00. The van der Waals surface area contributed by atoms with Crippen molar-refractivity contribution in [3.63, 3.8) is 0 Å². The van der Waals surface area contributed by atoms with Gasteiger partial charge in [-0.25, -0.2) is 0 Å². The van der Waals surface area contributed by atoms with Gasteiger partial charge in [0.15, 0.2) is 0 Å². The van der Waals surface area contributed by atoms with Crippen LogP contribution in [0, 0.1) is 0 Å². The van der Waals surface area contributed by atoms with Crippen LogP contribution in [0.15, 0.2) is 0 Å². The molecule has 1 aliphatic heterocycles. The lowest BCUT2D eigenvalue weighted by Gasteiger charge is -2.14. The minimum atomic E-state index is -0.724. The first-order valence-electron chi connectivity index (χ1n) is 5.28. The van der Waals surface area contributed by atoms with Crippen molar-refractivity contribution >= 4 is 10.8 Å². The predicted molar refractivity (Wildman–Crippen MR) is 60.0 cm³/mol. The lowest BCUT2D eigenvalue weighted by molar-refractivity contribution is 0.0562. The molecule has 0 spiro atoms. The predicted octanol–water partition coefficient (Wildman–Crippen LogP) is 0.910.